The minimum Gasteiger partial charge on any atom is -0.491 e. The summed E-state index contributed by atoms with van der Waals surface area (Å²) in [7, 11) is 0. The Kier molecular flexibility index (Phi) is 3.56. The third kappa shape index (κ3) is 2.57. The van der Waals surface area contributed by atoms with E-state index < -0.39 is 5.97 Å². The van der Waals surface area contributed by atoms with Gasteiger partial charge in [0.25, 0.3) is 0 Å². The van der Waals surface area contributed by atoms with Crippen molar-refractivity contribution in [3.8, 4) is 28.5 Å². The molecule has 0 atom stereocenters. The van der Waals surface area contributed by atoms with E-state index in [0.29, 0.717) is 30.3 Å². The summed E-state index contributed by atoms with van der Waals surface area (Å²) >= 11 is 0. The number of hydrogen-bond donors (Lipinski definition) is 1. The normalized spacial score (nSPS) is 13.1. The molecule has 7 heteroatoms. The molecule has 3 heterocycles. The number of aromatic carboxylic acids is 1. The van der Waals surface area contributed by atoms with Gasteiger partial charge in [-0.3, -0.25) is 4.68 Å². The molecule has 0 amide bonds. The van der Waals surface area contributed by atoms with E-state index in [1.807, 2.05) is 21.5 Å². The van der Waals surface area contributed by atoms with Crippen LogP contribution in [0.4, 0.5) is 0 Å². The summed E-state index contributed by atoms with van der Waals surface area (Å²) in [6, 6.07) is 7.02. The van der Waals surface area contributed by atoms with Crippen molar-refractivity contribution in [2.75, 3.05) is 6.61 Å². The van der Waals surface area contributed by atoms with Gasteiger partial charge in [-0.2, -0.15) is 5.10 Å². The summed E-state index contributed by atoms with van der Waals surface area (Å²) < 4.78 is 9.67. The van der Waals surface area contributed by atoms with Gasteiger partial charge in [0.2, 0.25) is 0 Å². The van der Waals surface area contributed by atoms with Gasteiger partial charge in [-0.1, -0.05) is 0 Å². The Morgan fingerprint density at radius 1 is 1.32 bits per heavy atom. The highest BCUT2D eigenvalue weighted by molar-refractivity contribution is 5.90. The first kappa shape index (κ1) is 15.4. The molecular weight excluding hydrogens is 320 g/mol. The maximum Gasteiger partial charge on any atom is 0.335 e. The SMILES string of the molecule is CC(C)n1nccc1-c1cn2c(n1)-c1cc(C(=O)O)ccc1OCC2. The number of carbonyl (C=O) groups is 1. The summed E-state index contributed by atoms with van der Waals surface area (Å²) in [5.41, 5.74) is 2.66. The second-order valence-corrected chi connectivity index (χ2v) is 6.26. The van der Waals surface area contributed by atoms with E-state index in [9.17, 15) is 9.90 Å². The van der Waals surface area contributed by atoms with E-state index in [2.05, 4.69) is 18.9 Å². The number of nitrogens with zero attached hydrogens (tertiary/aromatic N) is 4. The Hall–Kier alpha value is -3.09. The molecule has 0 bridgehead atoms. The van der Waals surface area contributed by atoms with Crippen LogP contribution >= 0.6 is 0 Å². The van der Waals surface area contributed by atoms with Crippen molar-refractivity contribution < 1.29 is 14.6 Å². The lowest BCUT2D eigenvalue weighted by Gasteiger charge is -2.09. The van der Waals surface area contributed by atoms with Gasteiger partial charge in [0, 0.05) is 18.4 Å². The Labute approximate surface area is 144 Å². The molecule has 0 unspecified atom stereocenters. The summed E-state index contributed by atoms with van der Waals surface area (Å²) in [6.45, 7) is 5.29. The molecule has 1 N–H and O–H groups in total. The van der Waals surface area contributed by atoms with E-state index in [0.717, 1.165) is 11.4 Å². The average molecular weight is 338 g/mol. The zero-order valence-corrected chi connectivity index (χ0v) is 14.0. The molecule has 0 spiro atoms. The lowest BCUT2D eigenvalue weighted by Crippen LogP contribution is -2.05. The van der Waals surface area contributed by atoms with Gasteiger partial charge in [0.05, 0.1) is 23.4 Å². The fraction of sp³-hybridized carbons (Fsp3) is 0.278. The van der Waals surface area contributed by atoms with Crippen LogP contribution in [0, 0.1) is 0 Å². The molecule has 4 rings (SSSR count). The number of rotatable bonds is 3. The smallest absolute Gasteiger partial charge is 0.335 e. The number of imidazole rings is 1. The fourth-order valence-electron chi connectivity index (χ4n) is 3.07. The van der Waals surface area contributed by atoms with Crippen LogP contribution in [-0.2, 0) is 6.54 Å². The van der Waals surface area contributed by atoms with Crippen molar-refractivity contribution in [2.45, 2.75) is 26.4 Å². The molecular formula is C18H18N4O3. The van der Waals surface area contributed by atoms with Crippen LogP contribution in [0.25, 0.3) is 22.8 Å². The maximum absolute atomic E-state index is 11.3. The van der Waals surface area contributed by atoms with Gasteiger partial charge < -0.3 is 14.4 Å². The van der Waals surface area contributed by atoms with Crippen molar-refractivity contribution in [3.05, 3.63) is 42.2 Å². The molecule has 1 aliphatic heterocycles. The van der Waals surface area contributed by atoms with Gasteiger partial charge in [-0.25, -0.2) is 9.78 Å². The van der Waals surface area contributed by atoms with Crippen molar-refractivity contribution in [2.24, 2.45) is 0 Å². The first-order chi connectivity index (χ1) is 12.0. The predicted molar refractivity (Wildman–Crippen MR) is 91.7 cm³/mol. The van der Waals surface area contributed by atoms with Gasteiger partial charge in [0.1, 0.15) is 23.9 Å². The van der Waals surface area contributed by atoms with E-state index in [1.165, 1.54) is 0 Å². The molecule has 0 radical (unpaired) electrons. The Balaban J connectivity index is 1.87. The van der Waals surface area contributed by atoms with E-state index in [-0.39, 0.29) is 11.6 Å². The average Bonchev–Trinajstić information content (AvgIpc) is 3.18. The largest absolute Gasteiger partial charge is 0.491 e. The van der Waals surface area contributed by atoms with Crippen LogP contribution in [0.15, 0.2) is 36.7 Å². The molecule has 1 aliphatic rings. The lowest BCUT2D eigenvalue weighted by atomic mass is 10.1. The van der Waals surface area contributed by atoms with Gasteiger partial charge in [-0.15, -0.1) is 0 Å². The van der Waals surface area contributed by atoms with Gasteiger partial charge in [0.15, 0.2) is 0 Å². The van der Waals surface area contributed by atoms with Crippen molar-refractivity contribution in [1.82, 2.24) is 19.3 Å². The topological polar surface area (TPSA) is 82.2 Å². The molecule has 0 saturated heterocycles. The standard InChI is InChI=1S/C18H18N4O3/c1-11(2)22-15(5-6-19-22)14-10-21-7-8-25-16-4-3-12(18(23)24)9-13(16)17(21)20-14/h3-6,9-11H,7-8H2,1-2H3,(H,23,24). The van der Waals surface area contributed by atoms with Crippen molar-refractivity contribution in [1.29, 1.82) is 0 Å². The first-order valence-corrected chi connectivity index (χ1v) is 8.16. The summed E-state index contributed by atoms with van der Waals surface area (Å²) in [5.74, 6) is 0.392. The number of carboxylic acid groups (broad SMARTS) is 1. The van der Waals surface area contributed by atoms with E-state index in [1.54, 1.807) is 24.4 Å². The van der Waals surface area contributed by atoms with Crippen molar-refractivity contribution >= 4 is 5.97 Å². The number of aromatic nitrogens is 4. The second kappa shape index (κ2) is 5.77. The van der Waals surface area contributed by atoms with E-state index in [4.69, 9.17) is 9.72 Å². The molecule has 1 aromatic carbocycles. The predicted octanol–water partition coefficient (Wildman–Crippen LogP) is 3.09. The van der Waals surface area contributed by atoms with Crippen LogP contribution in [-0.4, -0.2) is 37.0 Å². The van der Waals surface area contributed by atoms with E-state index >= 15 is 0 Å². The maximum atomic E-state index is 11.3. The fourth-order valence-corrected chi connectivity index (χ4v) is 3.07. The van der Waals surface area contributed by atoms with Crippen LogP contribution in [0.1, 0.15) is 30.2 Å². The van der Waals surface area contributed by atoms with Gasteiger partial charge in [-0.05, 0) is 38.1 Å². The molecule has 0 saturated carbocycles. The number of ether oxygens (including phenoxy) is 1. The zero-order chi connectivity index (χ0) is 17.6. The quantitative estimate of drug-likeness (QED) is 0.793. The Bertz CT molecular complexity index is 955. The highest BCUT2D eigenvalue weighted by Crippen LogP contribution is 2.34. The molecule has 128 valence electrons. The highest BCUT2D eigenvalue weighted by atomic mass is 16.5. The molecule has 0 aliphatic carbocycles. The number of carboxylic acids is 1. The lowest BCUT2D eigenvalue weighted by molar-refractivity contribution is 0.0697. The first-order valence-electron chi connectivity index (χ1n) is 8.16. The van der Waals surface area contributed by atoms with Crippen LogP contribution in [0.5, 0.6) is 5.75 Å². The summed E-state index contributed by atoms with van der Waals surface area (Å²) in [6.07, 6.45) is 3.73. The monoisotopic (exact) mass is 338 g/mol. The van der Waals surface area contributed by atoms with Gasteiger partial charge >= 0.3 is 5.97 Å². The number of fused-ring (bicyclic) bond motifs is 3. The second-order valence-electron chi connectivity index (χ2n) is 6.26. The Morgan fingerprint density at radius 3 is 2.92 bits per heavy atom. The minimum absolute atomic E-state index is 0.215. The molecule has 7 nitrogen and oxygen atoms in total. The number of hydrogen-bond acceptors (Lipinski definition) is 4. The third-order valence-corrected chi connectivity index (χ3v) is 4.26. The highest BCUT2D eigenvalue weighted by Gasteiger charge is 2.22. The number of benzene rings is 1. The third-order valence-electron chi connectivity index (χ3n) is 4.26. The van der Waals surface area contributed by atoms with Crippen LogP contribution in [0.3, 0.4) is 0 Å². The van der Waals surface area contributed by atoms with Crippen LogP contribution < -0.4 is 4.74 Å². The summed E-state index contributed by atoms with van der Waals surface area (Å²) in [5, 5.41) is 13.6. The minimum atomic E-state index is -0.969. The zero-order valence-electron chi connectivity index (χ0n) is 14.0. The molecule has 0 fully saturated rings. The summed E-state index contributed by atoms with van der Waals surface area (Å²) in [4.78, 5) is 16.1. The molecule has 25 heavy (non-hydrogen) atoms. The Morgan fingerprint density at radius 2 is 2.16 bits per heavy atom. The molecule has 3 aromatic rings. The molecule has 2 aromatic heterocycles. The van der Waals surface area contributed by atoms with Crippen LogP contribution in [0.2, 0.25) is 0 Å². The van der Waals surface area contributed by atoms with Crippen molar-refractivity contribution in [3.63, 3.8) is 0 Å².